The van der Waals surface area contributed by atoms with Crippen LogP contribution < -0.4 is 0 Å². The lowest BCUT2D eigenvalue weighted by Crippen LogP contribution is -2.27. The largest absolute Gasteiger partial charge is 0.391 e. The average Bonchev–Trinajstić information content (AvgIpc) is 3.02. The van der Waals surface area contributed by atoms with Gasteiger partial charge in [-0.2, -0.15) is 0 Å². The number of imidazole rings is 1. The smallest absolute Gasteiger partial charge is 0.102 e. The molecule has 0 amide bonds. The Morgan fingerprint density at radius 1 is 1.33 bits per heavy atom. The van der Waals surface area contributed by atoms with Crippen molar-refractivity contribution < 1.29 is 5.11 Å². The zero-order valence-electron chi connectivity index (χ0n) is 10.2. The van der Waals surface area contributed by atoms with E-state index in [4.69, 9.17) is 0 Å². The Labute approximate surface area is 105 Å². The summed E-state index contributed by atoms with van der Waals surface area (Å²) in [5.41, 5.74) is 0.894. The van der Waals surface area contributed by atoms with E-state index in [2.05, 4.69) is 15.3 Å². The number of aliphatic hydroxyl groups is 1. The molecule has 2 aromatic rings. The summed E-state index contributed by atoms with van der Waals surface area (Å²) < 4.78 is 3.77. The normalized spacial score (nSPS) is 24.3. The molecule has 0 aromatic carbocycles. The van der Waals surface area contributed by atoms with Gasteiger partial charge in [0.1, 0.15) is 5.69 Å². The minimum Gasteiger partial charge on any atom is -0.391 e. The third-order valence-electron chi connectivity index (χ3n) is 3.50. The highest BCUT2D eigenvalue weighted by molar-refractivity contribution is 4.96. The molecule has 2 heterocycles. The van der Waals surface area contributed by atoms with Gasteiger partial charge in [-0.1, -0.05) is 18.1 Å². The second-order valence-corrected chi connectivity index (χ2v) is 4.84. The summed E-state index contributed by atoms with van der Waals surface area (Å²) in [5, 5.41) is 18.3. The number of hydrogen-bond donors (Lipinski definition) is 1. The van der Waals surface area contributed by atoms with E-state index < -0.39 is 0 Å². The van der Waals surface area contributed by atoms with Gasteiger partial charge < -0.3 is 9.67 Å². The van der Waals surface area contributed by atoms with Crippen LogP contribution in [0.3, 0.4) is 0 Å². The van der Waals surface area contributed by atoms with Crippen LogP contribution in [0.1, 0.15) is 37.4 Å². The number of nitrogens with zero attached hydrogens (tertiary/aromatic N) is 5. The highest BCUT2D eigenvalue weighted by Crippen LogP contribution is 2.27. The van der Waals surface area contributed by atoms with Crippen LogP contribution in [0.5, 0.6) is 0 Å². The van der Waals surface area contributed by atoms with Gasteiger partial charge in [-0.3, -0.25) is 0 Å². The molecule has 1 aliphatic rings. The van der Waals surface area contributed by atoms with Gasteiger partial charge >= 0.3 is 0 Å². The Kier molecular flexibility index (Phi) is 3.10. The number of hydrogen-bond acceptors (Lipinski definition) is 4. The third kappa shape index (κ3) is 2.28. The average molecular weight is 247 g/mol. The molecular weight excluding hydrogens is 230 g/mol. The molecule has 0 aliphatic heterocycles. The molecule has 1 aliphatic carbocycles. The minimum atomic E-state index is -0.290. The first kappa shape index (κ1) is 11.4. The van der Waals surface area contributed by atoms with Gasteiger partial charge in [-0.25, -0.2) is 9.67 Å². The van der Waals surface area contributed by atoms with Gasteiger partial charge in [0.2, 0.25) is 0 Å². The summed E-state index contributed by atoms with van der Waals surface area (Å²) in [7, 11) is 0. The topological polar surface area (TPSA) is 68.8 Å². The summed E-state index contributed by atoms with van der Waals surface area (Å²) in [4.78, 5) is 4.00. The molecule has 1 saturated carbocycles. The fourth-order valence-corrected chi connectivity index (χ4v) is 2.52. The second-order valence-electron chi connectivity index (χ2n) is 4.84. The van der Waals surface area contributed by atoms with Crippen molar-refractivity contribution in [2.75, 3.05) is 0 Å². The number of aromatic nitrogens is 5. The molecule has 0 bridgehead atoms. The molecule has 6 nitrogen and oxygen atoms in total. The van der Waals surface area contributed by atoms with Gasteiger partial charge in [0.15, 0.2) is 0 Å². The second kappa shape index (κ2) is 4.89. The molecule has 18 heavy (non-hydrogen) atoms. The predicted molar refractivity (Wildman–Crippen MR) is 64.9 cm³/mol. The Bertz CT molecular complexity index is 492. The maximum Gasteiger partial charge on any atom is 0.102 e. The standard InChI is InChI=1S/C12H17N5O/c18-12-4-2-1-3-11(12)17-8-10(14-15-17)7-16-6-5-13-9-16/h5-6,8-9,11-12,18H,1-4,7H2. The highest BCUT2D eigenvalue weighted by Gasteiger charge is 2.25. The molecule has 2 aromatic heterocycles. The van der Waals surface area contributed by atoms with Gasteiger partial charge in [0, 0.05) is 12.4 Å². The summed E-state index contributed by atoms with van der Waals surface area (Å²) in [6.45, 7) is 0.669. The van der Waals surface area contributed by atoms with Crippen molar-refractivity contribution in [1.82, 2.24) is 24.5 Å². The molecule has 3 rings (SSSR count). The fraction of sp³-hybridized carbons (Fsp3) is 0.583. The van der Waals surface area contributed by atoms with Crippen LogP contribution in [-0.4, -0.2) is 35.8 Å². The summed E-state index contributed by atoms with van der Waals surface area (Å²) in [5.74, 6) is 0. The minimum absolute atomic E-state index is 0.0859. The van der Waals surface area contributed by atoms with Crippen LogP contribution in [-0.2, 0) is 6.54 Å². The fourth-order valence-electron chi connectivity index (χ4n) is 2.52. The summed E-state index contributed by atoms with van der Waals surface area (Å²) >= 11 is 0. The van der Waals surface area contributed by atoms with Crippen molar-refractivity contribution in [3.63, 3.8) is 0 Å². The molecule has 0 saturated heterocycles. The molecule has 1 N–H and O–H groups in total. The van der Waals surface area contributed by atoms with Crippen LogP contribution >= 0.6 is 0 Å². The van der Waals surface area contributed by atoms with E-state index in [0.717, 1.165) is 31.4 Å². The Morgan fingerprint density at radius 3 is 3.00 bits per heavy atom. The molecule has 1 fully saturated rings. The lowest BCUT2D eigenvalue weighted by atomic mass is 9.93. The summed E-state index contributed by atoms with van der Waals surface area (Å²) in [6, 6.07) is 0.0859. The molecule has 0 radical (unpaired) electrons. The Balaban J connectivity index is 1.72. The number of rotatable bonds is 3. The van der Waals surface area contributed by atoms with Crippen molar-refractivity contribution in [3.05, 3.63) is 30.6 Å². The molecule has 2 unspecified atom stereocenters. The first-order valence-electron chi connectivity index (χ1n) is 6.37. The van der Waals surface area contributed by atoms with Crippen LogP contribution in [0.4, 0.5) is 0 Å². The highest BCUT2D eigenvalue weighted by atomic mass is 16.3. The van der Waals surface area contributed by atoms with E-state index in [1.54, 1.807) is 12.5 Å². The Morgan fingerprint density at radius 2 is 2.22 bits per heavy atom. The first-order valence-corrected chi connectivity index (χ1v) is 6.37. The van der Waals surface area contributed by atoms with Crippen molar-refractivity contribution >= 4 is 0 Å². The maximum atomic E-state index is 9.98. The Hall–Kier alpha value is -1.69. The van der Waals surface area contributed by atoms with Gasteiger partial charge in [0.25, 0.3) is 0 Å². The van der Waals surface area contributed by atoms with Crippen LogP contribution in [0.15, 0.2) is 24.9 Å². The summed E-state index contributed by atoms with van der Waals surface area (Å²) in [6.07, 6.45) is 11.1. The monoisotopic (exact) mass is 247 g/mol. The van der Waals surface area contributed by atoms with Gasteiger partial charge in [-0.15, -0.1) is 5.10 Å². The van der Waals surface area contributed by atoms with E-state index in [-0.39, 0.29) is 12.1 Å². The first-order chi connectivity index (χ1) is 8.83. The molecular formula is C12H17N5O. The number of aliphatic hydroxyl groups excluding tert-OH is 1. The maximum absolute atomic E-state index is 9.98. The molecule has 0 spiro atoms. The lowest BCUT2D eigenvalue weighted by molar-refractivity contribution is 0.0685. The lowest BCUT2D eigenvalue weighted by Gasteiger charge is -2.27. The predicted octanol–water partition coefficient (Wildman–Crippen LogP) is 0.999. The van der Waals surface area contributed by atoms with Crippen molar-refractivity contribution in [2.45, 2.75) is 44.4 Å². The van der Waals surface area contributed by atoms with E-state index in [9.17, 15) is 5.11 Å². The SMILES string of the molecule is OC1CCCCC1n1cc(Cn2ccnc2)nn1. The quantitative estimate of drug-likeness (QED) is 0.878. The van der Waals surface area contributed by atoms with E-state index in [1.165, 1.54) is 0 Å². The van der Waals surface area contributed by atoms with Crippen LogP contribution in [0.25, 0.3) is 0 Å². The van der Waals surface area contributed by atoms with Crippen molar-refractivity contribution in [1.29, 1.82) is 0 Å². The van der Waals surface area contributed by atoms with Gasteiger partial charge in [-0.05, 0) is 12.8 Å². The van der Waals surface area contributed by atoms with Gasteiger partial charge in [0.05, 0.1) is 31.2 Å². The molecule has 6 heteroatoms. The zero-order chi connectivity index (χ0) is 12.4. The van der Waals surface area contributed by atoms with E-state index >= 15 is 0 Å². The third-order valence-corrected chi connectivity index (χ3v) is 3.50. The molecule has 96 valence electrons. The van der Waals surface area contributed by atoms with Crippen molar-refractivity contribution in [3.8, 4) is 0 Å². The van der Waals surface area contributed by atoms with E-state index in [1.807, 2.05) is 21.6 Å². The van der Waals surface area contributed by atoms with Crippen LogP contribution in [0, 0.1) is 0 Å². The van der Waals surface area contributed by atoms with Crippen molar-refractivity contribution in [2.24, 2.45) is 0 Å². The zero-order valence-corrected chi connectivity index (χ0v) is 10.2. The molecule has 2 atom stereocenters. The van der Waals surface area contributed by atoms with E-state index in [0.29, 0.717) is 6.54 Å². The van der Waals surface area contributed by atoms with Crippen LogP contribution in [0.2, 0.25) is 0 Å².